The van der Waals surface area contributed by atoms with Crippen molar-refractivity contribution in [2.24, 2.45) is 5.73 Å². The van der Waals surface area contributed by atoms with Crippen molar-refractivity contribution < 1.29 is 4.79 Å². The normalized spacial score (nSPS) is 11.9. The number of carbonyl (C=O) groups is 1. The summed E-state index contributed by atoms with van der Waals surface area (Å²) in [5, 5.41) is 2.84. The molecule has 0 unspecified atom stereocenters. The molecule has 0 aromatic heterocycles. The second-order valence-corrected chi connectivity index (χ2v) is 5.05. The third-order valence-corrected chi connectivity index (χ3v) is 3.63. The molecule has 1 atom stereocenters. The zero-order valence-electron chi connectivity index (χ0n) is 10.3. The molecule has 2 aromatic rings. The van der Waals surface area contributed by atoms with Gasteiger partial charge >= 0.3 is 0 Å². The number of rotatable bonds is 4. The first-order valence-electron chi connectivity index (χ1n) is 6.00. The van der Waals surface area contributed by atoms with Gasteiger partial charge in [0.2, 0.25) is 5.91 Å². The summed E-state index contributed by atoms with van der Waals surface area (Å²) in [4.78, 5) is 12.0. The molecule has 0 fully saturated rings. The number of hydrogen-bond donors (Lipinski definition) is 2. The van der Waals surface area contributed by atoms with Gasteiger partial charge in [-0.05, 0) is 17.2 Å². The highest BCUT2D eigenvalue weighted by Gasteiger charge is 2.14. The maximum absolute atomic E-state index is 12.0. The fourth-order valence-corrected chi connectivity index (χ4v) is 2.17. The van der Waals surface area contributed by atoms with Gasteiger partial charge in [0.25, 0.3) is 0 Å². The van der Waals surface area contributed by atoms with Gasteiger partial charge < -0.3 is 11.1 Å². The lowest BCUT2D eigenvalue weighted by molar-refractivity contribution is -0.122. The fourth-order valence-electron chi connectivity index (χ4n) is 1.75. The van der Waals surface area contributed by atoms with E-state index in [1.807, 2.05) is 54.6 Å². The minimum Gasteiger partial charge on any atom is -0.350 e. The quantitative estimate of drug-likeness (QED) is 0.910. The number of amides is 1. The molecule has 0 aliphatic rings. The van der Waals surface area contributed by atoms with Gasteiger partial charge in [0.15, 0.2) is 0 Å². The van der Waals surface area contributed by atoms with Crippen LogP contribution in [0.1, 0.15) is 17.2 Å². The van der Waals surface area contributed by atoms with E-state index in [4.69, 9.17) is 5.73 Å². The lowest BCUT2D eigenvalue weighted by Gasteiger charge is -2.13. The molecule has 0 radical (unpaired) electrons. The molecule has 0 saturated carbocycles. The number of nitrogens with two attached hydrogens (primary N) is 1. The Kier molecular flexibility index (Phi) is 4.71. The monoisotopic (exact) mass is 318 g/mol. The number of halogens is 1. The van der Waals surface area contributed by atoms with Crippen LogP contribution in [-0.4, -0.2) is 5.91 Å². The molecule has 19 heavy (non-hydrogen) atoms. The molecule has 2 rings (SSSR count). The van der Waals surface area contributed by atoms with Gasteiger partial charge in [-0.1, -0.05) is 64.5 Å². The van der Waals surface area contributed by atoms with E-state index in [-0.39, 0.29) is 5.91 Å². The van der Waals surface area contributed by atoms with E-state index >= 15 is 0 Å². The molecule has 4 heteroatoms. The summed E-state index contributed by atoms with van der Waals surface area (Å²) in [6, 6.07) is 16.5. The highest BCUT2D eigenvalue weighted by atomic mass is 79.9. The smallest absolute Gasteiger partial charge is 0.241 e. The summed E-state index contributed by atoms with van der Waals surface area (Å²) in [6.07, 6.45) is 0. The van der Waals surface area contributed by atoms with Crippen LogP contribution in [0.5, 0.6) is 0 Å². The third kappa shape index (κ3) is 3.66. The van der Waals surface area contributed by atoms with Gasteiger partial charge in [0.1, 0.15) is 6.04 Å². The average Bonchev–Trinajstić information content (AvgIpc) is 2.46. The van der Waals surface area contributed by atoms with Crippen molar-refractivity contribution in [1.29, 1.82) is 0 Å². The van der Waals surface area contributed by atoms with Crippen molar-refractivity contribution in [3.05, 3.63) is 70.2 Å². The van der Waals surface area contributed by atoms with E-state index in [2.05, 4.69) is 21.2 Å². The summed E-state index contributed by atoms with van der Waals surface area (Å²) >= 11 is 3.45. The van der Waals surface area contributed by atoms with Crippen molar-refractivity contribution in [1.82, 2.24) is 5.32 Å². The number of nitrogens with one attached hydrogen (secondary N) is 1. The number of carbonyl (C=O) groups excluding carboxylic acids is 1. The zero-order valence-corrected chi connectivity index (χ0v) is 11.9. The molecular formula is C15H15BrN2O. The first-order chi connectivity index (χ1) is 9.18. The fraction of sp³-hybridized carbons (Fsp3) is 0.133. The first-order valence-corrected chi connectivity index (χ1v) is 6.79. The Labute approximate surface area is 121 Å². The highest BCUT2D eigenvalue weighted by Crippen LogP contribution is 2.16. The van der Waals surface area contributed by atoms with Gasteiger partial charge in [-0.3, -0.25) is 4.79 Å². The minimum absolute atomic E-state index is 0.179. The van der Waals surface area contributed by atoms with E-state index in [1.54, 1.807) is 0 Å². The van der Waals surface area contributed by atoms with E-state index < -0.39 is 6.04 Å². The Morgan fingerprint density at radius 2 is 1.74 bits per heavy atom. The van der Waals surface area contributed by atoms with Crippen LogP contribution in [0.2, 0.25) is 0 Å². The lowest BCUT2D eigenvalue weighted by atomic mass is 10.1. The van der Waals surface area contributed by atoms with Gasteiger partial charge in [-0.25, -0.2) is 0 Å². The predicted molar refractivity (Wildman–Crippen MR) is 79.4 cm³/mol. The van der Waals surface area contributed by atoms with Crippen LogP contribution in [0.3, 0.4) is 0 Å². The van der Waals surface area contributed by atoms with Gasteiger partial charge in [0.05, 0.1) is 0 Å². The maximum Gasteiger partial charge on any atom is 0.241 e. The molecule has 98 valence electrons. The van der Waals surface area contributed by atoms with Crippen LogP contribution < -0.4 is 11.1 Å². The Balaban J connectivity index is 1.97. The van der Waals surface area contributed by atoms with Crippen LogP contribution in [-0.2, 0) is 11.3 Å². The van der Waals surface area contributed by atoms with Gasteiger partial charge in [0, 0.05) is 11.0 Å². The molecule has 0 spiro atoms. The molecule has 0 bridgehead atoms. The molecule has 0 heterocycles. The Bertz CT molecular complexity index is 557. The summed E-state index contributed by atoms with van der Waals surface area (Å²) < 4.78 is 0.976. The van der Waals surface area contributed by atoms with Crippen LogP contribution in [0.4, 0.5) is 0 Å². The van der Waals surface area contributed by atoms with Crippen LogP contribution in [0.25, 0.3) is 0 Å². The summed E-state index contributed by atoms with van der Waals surface area (Å²) in [5.41, 5.74) is 7.75. The highest BCUT2D eigenvalue weighted by molar-refractivity contribution is 9.10. The van der Waals surface area contributed by atoms with Crippen molar-refractivity contribution in [3.8, 4) is 0 Å². The lowest BCUT2D eigenvalue weighted by Crippen LogP contribution is -2.33. The predicted octanol–water partition coefficient (Wildman–Crippen LogP) is 2.77. The summed E-state index contributed by atoms with van der Waals surface area (Å²) in [5.74, 6) is -0.179. The first kappa shape index (κ1) is 13.8. The summed E-state index contributed by atoms with van der Waals surface area (Å²) in [7, 11) is 0. The molecule has 0 aliphatic heterocycles. The van der Waals surface area contributed by atoms with Crippen molar-refractivity contribution >= 4 is 21.8 Å². The third-order valence-electron chi connectivity index (χ3n) is 2.85. The Hall–Kier alpha value is -1.65. The Morgan fingerprint density at radius 3 is 2.42 bits per heavy atom. The van der Waals surface area contributed by atoms with Gasteiger partial charge in [-0.2, -0.15) is 0 Å². The number of benzene rings is 2. The summed E-state index contributed by atoms with van der Waals surface area (Å²) in [6.45, 7) is 0.459. The second-order valence-electron chi connectivity index (χ2n) is 4.20. The number of hydrogen-bond acceptors (Lipinski definition) is 2. The minimum atomic E-state index is -0.635. The van der Waals surface area contributed by atoms with Crippen LogP contribution >= 0.6 is 15.9 Å². The van der Waals surface area contributed by atoms with Crippen LogP contribution in [0, 0.1) is 0 Å². The average molecular weight is 319 g/mol. The van der Waals surface area contributed by atoms with E-state index in [9.17, 15) is 4.79 Å². The molecule has 2 aromatic carbocycles. The van der Waals surface area contributed by atoms with Crippen molar-refractivity contribution in [3.63, 3.8) is 0 Å². The van der Waals surface area contributed by atoms with Crippen molar-refractivity contribution in [2.75, 3.05) is 0 Å². The Morgan fingerprint density at radius 1 is 1.11 bits per heavy atom. The molecule has 0 saturated heterocycles. The zero-order chi connectivity index (χ0) is 13.7. The van der Waals surface area contributed by atoms with E-state index in [0.717, 1.165) is 15.6 Å². The molecule has 3 nitrogen and oxygen atoms in total. The standard InChI is InChI=1S/C15H15BrN2O/c16-13-9-5-4-8-12(13)10-18-15(19)14(17)11-6-2-1-3-7-11/h1-9,14H,10,17H2,(H,18,19)/t14-/m0/s1. The largest absolute Gasteiger partial charge is 0.350 e. The molecule has 3 N–H and O–H groups in total. The van der Waals surface area contributed by atoms with Crippen LogP contribution in [0.15, 0.2) is 59.1 Å². The molecular weight excluding hydrogens is 304 g/mol. The molecule has 0 aliphatic carbocycles. The van der Waals surface area contributed by atoms with E-state index in [1.165, 1.54) is 0 Å². The topological polar surface area (TPSA) is 55.1 Å². The molecule has 1 amide bonds. The van der Waals surface area contributed by atoms with E-state index in [0.29, 0.717) is 6.54 Å². The SMILES string of the molecule is N[C@H](C(=O)NCc1ccccc1Br)c1ccccc1. The second kappa shape index (κ2) is 6.50. The van der Waals surface area contributed by atoms with Crippen molar-refractivity contribution in [2.45, 2.75) is 12.6 Å². The maximum atomic E-state index is 12.0. The van der Waals surface area contributed by atoms with Gasteiger partial charge in [-0.15, -0.1) is 0 Å².